The summed E-state index contributed by atoms with van der Waals surface area (Å²) in [5.74, 6) is -0.0246. The predicted molar refractivity (Wildman–Crippen MR) is 131 cm³/mol. The summed E-state index contributed by atoms with van der Waals surface area (Å²) in [6.07, 6.45) is 1.65. The van der Waals surface area contributed by atoms with Crippen molar-refractivity contribution >= 4 is 29.1 Å². The van der Waals surface area contributed by atoms with Gasteiger partial charge in [0, 0.05) is 18.7 Å². The van der Waals surface area contributed by atoms with E-state index < -0.39 is 11.7 Å². The summed E-state index contributed by atoms with van der Waals surface area (Å²) in [5.41, 5.74) is 2.10. The van der Waals surface area contributed by atoms with Crippen LogP contribution in [0.1, 0.15) is 46.4 Å². The number of aromatic hydroxyl groups is 1. The van der Waals surface area contributed by atoms with Crippen LogP contribution in [0.4, 0.5) is 13.2 Å². The highest BCUT2D eigenvalue weighted by Gasteiger charge is 2.30. The molecule has 0 atom stereocenters. The van der Waals surface area contributed by atoms with Crippen molar-refractivity contribution in [3.05, 3.63) is 77.0 Å². The number of alkyl halides is 3. The zero-order valence-corrected chi connectivity index (χ0v) is 19.2. The molecule has 0 radical (unpaired) electrons. The number of aromatic nitrogens is 3. The summed E-state index contributed by atoms with van der Waals surface area (Å²) < 4.78 is 39.3. The van der Waals surface area contributed by atoms with Gasteiger partial charge in [0.25, 0.3) is 5.91 Å². The third-order valence-corrected chi connectivity index (χ3v) is 6.25. The van der Waals surface area contributed by atoms with Crippen LogP contribution < -0.4 is 0 Å². The first-order valence-corrected chi connectivity index (χ1v) is 11.6. The van der Waals surface area contributed by atoms with Gasteiger partial charge in [0.2, 0.25) is 0 Å². The van der Waals surface area contributed by atoms with Gasteiger partial charge in [-0.2, -0.15) is 18.3 Å². The highest BCUT2D eigenvalue weighted by atomic mass is 19.4. The van der Waals surface area contributed by atoms with Crippen LogP contribution in [0.3, 0.4) is 0 Å². The summed E-state index contributed by atoms with van der Waals surface area (Å²) in [6, 6.07) is 13.2. The van der Waals surface area contributed by atoms with Gasteiger partial charge >= 0.3 is 6.18 Å². The molecular formula is C27H23F3N4O2. The fraction of sp³-hybridized carbons (Fsp3) is 0.222. The Morgan fingerprint density at radius 2 is 1.75 bits per heavy atom. The molecule has 2 aromatic heterocycles. The number of phenols is 1. The van der Waals surface area contributed by atoms with Crippen LogP contribution in [0.15, 0.2) is 54.6 Å². The molecule has 184 valence electrons. The number of amides is 1. The third kappa shape index (κ3) is 4.82. The van der Waals surface area contributed by atoms with E-state index in [-0.39, 0.29) is 11.7 Å². The number of carbonyl (C=O) groups excluding carboxylic acids is 1. The van der Waals surface area contributed by atoms with Crippen molar-refractivity contribution < 1.29 is 23.1 Å². The molecule has 0 saturated carbocycles. The molecule has 1 saturated heterocycles. The molecule has 6 nitrogen and oxygen atoms in total. The van der Waals surface area contributed by atoms with Crippen molar-refractivity contribution in [2.24, 2.45) is 0 Å². The lowest BCUT2D eigenvalue weighted by atomic mass is 10.0. The molecule has 0 unspecified atom stereocenters. The normalized spacial score (nSPS) is 14.6. The molecule has 0 aliphatic carbocycles. The number of benzene rings is 2. The number of nitrogens with zero attached hydrogens (tertiary/aromatic N) is 3. The highest BCUT2D eigenvalue weighted by molar-refractivity contribution is 6.09. The molecular weight excluding hydrogens is 469 g/mol. The Bertz CT molecular complexity index is 1440. The van der Waals surface area contributed by atoms with E-state index in [1.807, 2.05) is 4.90 Å². The largest absolute Gasteiger partial charge is 0.508 e. The fourth-order valence-corrected chi connectivity index (χ4v) is 4.38. The minimum absolute atomic E-state index is 0.117. The summed E-state index contributed by atoms with van der Waals surface area (Å²) in [5, 5.41) is 17.3. The maximum absolute atomic E-state index is 13.6. The number of carbonyl (C=O) groups is 1. The molecule has 2 N–H and O–H groups in total. The Morgan fingerprint density at radius 3 is 2.47 bits per heavy atom. The maximum atomic E-state index is 13.6. The van der Waals surface area contributed by atoms with E-state index in [4.69, 9.17) is 0 Å². The van der Waals surface area contributed by atoms with Gasteiger partial charge in [-0.25, -0.2) is 4.98 Å². The minimum Gasteiger partial charge on any atom is -0.508 e. The van der Waals surface area contributed by atoms with Crippen molar-refractivity contribution in [1.82, 2.24) is 20.1 Å². The molecule has 9 heteroatoms. The van der Waals surface area contributed by atoms with Crippen LogP contribution in [-0.4, -0.2) is 44.2 Å². The number of hydrogen-bond acceptors (Lipinski definition) is 4. The standard InChI is InChI=1S/C27H23F3N4O2/c28-27(29,30)19-6-4-5-17(15-19)7-12-22-24-21(26(36)34-13-2-1-3-14-34)16-23(31-25(24)33-32-22)18-8-10-20(35)11-9-18/h4-12,15-16,35H,1-3,13-14H2,(H,31,32,33)/b12-7+. The number of hydrogen-bond donors (Lipinski definition) is 2. The van der Waals surface area contributed by atoms with Gasteiger partial charge in [-0.05, 0) is 73.4 Å². The number of pyridine rings is 1. The van der Waals surface area contributed by atoms with Gasteiger partial charge in [-0.15, -0.1) is 0 Å². The van der Waals surface area contributed by atoms with Crippen LogP contribution >= 0.6 is 0 Å². The second kappa shape index (κ2) is 9.49. The number of nitrogens with one attached hydrogen (secondary N) is 1. The van der Waals surface area contributed by atoms with Crippen molar-refractivity contribution in [3.63, 3.8) is 0 Å². The van der Waals surface area contributed by atoms with E-state index in [2.05, 4.69) is 15.2 Å². The molecule has 1 fully saturated rings. The highest BCUT2D eigenvalue weighted by Crippen LogP contribution is 2.31. The Hall–Kier alpha value is -4.14. The number of phenolic OH excluding ortho intramolecular Hbond substituents is 1. The van der Waals surface area contributed by atoms with Crippen LogP contribution in [0.25, 0.3) is 34.4 Å². The van der Waals surface area contributed by atoms with Crippen LogP contribution in [0.5, 0.6) is 5.75 Å². The number of likely N-dealkylation sites (tertiary alicyclic amines) is 1. The summed E-state index contributed by atoms with van der Waals surface area (Å²) >= 11 is 0. The molecule has 4 aromatic rings. The van der Waals surface area contributed by atoms with Gasteiger partial charge in [0.15, 0.2) is 5.65 Å². The zero-order chi connectivity index (χ0) is 25.3. The number of H-pyrrole nitrogens is 1. The van der Waals surface area contributed by atoms with E-state index in [0.717, 1.165) is 31.4 Å². The Balaban J connectivity index is 1.59. The number of rotatable bonds is 4. The van der Waals surface area contributed by atoms with Gasteiger partial charge in [-0.1, -0.05) is 18.2 Å². The molecule has 5 rings (SSSR count). The fourth-order valence-electron chi connectivity index (χ4n) is 4.38. The molecule has 1 aliphatic heterocycles. The number of piperidine rings is 1. The maximum Gasteiger partial charge on any atom is 0.416 e. The summed E-state index contributed by atoms with van der Waals surface area (Å²) in [4.78, 5) is 20.0. The minimum atomic E-state index is -4.44. The van der Waals surface area contributed by atoms with Gasteiger partial charge < -0.3 is 10.0 Å². The molecule has 1 aliphatic rings. The van der Waals surface area contributed by atoms with Crippen molar-refractivity contribution in [2.45, 2.75) is 25.4 Å². The van der Waals surface area contributed by atoms with E-state index in [1.165, 1.54) is 6.07 Å². The first kappa shape index (κ1) is 23.6. The van der Waals surface area contributed by atoms with Crippen LogP contribution in [-0.2, 0) is 6.18 Å². The number of fused-ring (bicyclic) bond motifs is 1. The van der Waals surface area contributed by atoms with Crippen molar-refractivity contribution in [2.75, 3.05) is 13.1 Å². The van der Waals surface area contributed by atoms with E-state index in [9.17, 15) is 23.1 Å². The Kier molecular flexibility index (Phi) is 6.22. The lowest BCUT2D eigenvalue weighted by Crippen LogP contribution is -2.35. The first-order chi connectivity index (χ1) is 17.3. The van der Waals surface area contributed by atoms with Gasteiger partial charge in [0.1, 0.15) is 5.75 Å². The van der Waals surface area contributed by atoms with E-state index in [1.54, 1.807) is 48.6 Å². The van der Waals surface area contributed by atoms with Crippen molar-refractivity contribution in [3.8, 4) is 17.0 Å². The summed E-state index contributed by atoms with van der Waals surface area (Å²) in [7, 11) is 0. The third-order valence-electron chi connectivity index (χ3n) is 6.25. The van der Waals surface area contributed by atoms with Crippen LogP contribution in [0, 0.1) is 0 Å². The predicted octanol–water partition coefficient (Wildman–Crippen LogP) is 6.15. The van der Waals surface area contributed by atoms with Gasteiger partial charge in [-0.3, -0.25) is 9.89 Å². The monoisotopic (exact) mass is 492 g/mol. The van der Waals surface area contributed by atoms with Crippen molar-refractivity contribution in [1.29, 1.82) is 0 Å². The lowest BCUT2D eigenvalue weighted by molar-refractivity contribution is -0.137. The van der Waals surface area contributed by atoms with E-state index >= 15 is 0 Å². The average Bonchev–Trinajstić information content (AvgIpc) is 3.30. The topological polar surface area (TPSA) is 82.1 Å². The molecule has 0 bridgehead atoms. The lowest BCUT2D eigenvalue weighted by Gasteiger charge is -2.27. The molecule has 3 heterocycles. The van der Waals surface area contributed by atoms with Gasteiger partial charge in [0.05, 0.1) is 27.9 Å². The second-order valence-corrected chi connectivity index (χ2v) is 8.75. The average molecular weight is 493 g/mol. The quantitative estimate of drug-likeness (QED) is 0.358. The molecule has 2 aromatic carbocycles. The van der Waals surface area contributed by atoms with Crippen LogP contribution in [0.2, 0.25) is 0 Å². The second-order valence-electron chi connectivity index (χ2n) is 8.75. The molecule has 36 heavy (non-hydrogen) atoms. The Morgan fingerprint density at radius 1 is 1.00 bits per heavy atom. The molecule has 0 spiro atoms. The van der Waals surface area contributed by atoms with E-state index in [0.29, 0.717) is 52.2 Å². The SMILES string of the molecule is O=C(c1cc(-c2ccc(O)cc2)nc2n[nH]c(/C=C/c3cccc(C(F)(F)F)c3)c12)N1CCCCC1. The number of halogens is 3. The summed E-state index contributed by atoms with van der Waals surface area (Å²) in [6.45, 7) is 1.31. The zero-order valence-electron chi connectivity index (χ0n) is 19.2. The number of aromatic amines is 1. The first-order valence-electron chi connectivity index (χ1n) is 11.6. The molecule has 1 amide bonds. The smallest absolute Gasteiger partial charge is 0.416 e. The Labute approximate surface area is 205 Å².